The predicted octanol–water partition coefficient (Wildman–Crippen LogP) is 2.27. The number of hydrogen-bond acceptors (Lipinski definition) is 4. The first kappa shape index (κ1) is 13.8. The van der Waals surface area contributed by atoms with E-state index in [4.69, 9.17) is 5.73 Å². The molecule has 1 aromatic rings. The lowest BCUT2D eigenvalue weighted by molar-refractivity contribution is 0.0934. The van der Waals surface area contributed by atoms with Gasteiger partial charge in [0.1, 0.15) is 0 Å². The average molecular weight is 294 g/mol. The van der Waals surface area contributed by atoms with Crippen LogP contribution in [0.1, 0.15) is 61.1 Å². The van der Waals surface area contributed by atoms with Gasteiger partial charge >= 0.3 is 0 Å². The summed E-state index contributed by atoms with van der Waals surface area (Å²) in [6, 6.07) is 0.270. The second-order valence-corrected chi connectivity index (χ2v) is 7.31. The molecule has 2 atom stereocenters. The van der Waals surface area contributed by atoms with Crippen molar-refractivity contribution >= 4 is 23.4 Å². The smallest absolute Gasteiger partial charge is 0.274 e. The third-order valence-corrected chi connectivity index (χ3v) is 5.39. The summed E-state index contributed by atoms with van der Waals surface area (Å²) in [5, 5.41) is 10.8. The molecule has 5 nitrogen and oxygen atoms in total. The van der Waals surface area contributed by atoms with E-state index >= 15 is 0 Å². The number of rotatable bonds is 5. The van der Waals surface area contributed by atoms with Crippen molar-refractivity contribution in [1.82, 2.24) is 15.5 Å². The summed E-state index contributed by atoms with van der Waals surface area (Å²) < 4.78 is 0. The van der Waals surface area contributed by atoms with Gasteiger partial charge in [-0.25, -0.2) is 0 Å². The molecule has 0 bridgehead atoms. The molecule has 6 heteroatoms. The Morgan fingerprint density at radius 1 is 1.45 bits per heavy atom. The Morgan fingerprint density at radius 3 is 2.95 bits per heavy atom. The quantitative estimate of drug-likeness (QED) is 0.778. The highest BCUT2D eigenvalue weighted by atomic mass is 32.2. The fraction of sp³-hybridized carbons (Fsp3) is 0.714. The molecule has 1 heterocycles. The van der Waals surface area contributed by atoms with Gasteiger partial charge in [0.25, 0.3) is 5.91 Å². The zero-order valence-corrected chi connectivity index (χ0v) is 12.6. The molecule has 1 amide bonds. The molecular weight excluding hydrogens is 272 g/mol. The Hall–Kier alpha value is -1.17. The van der Waals surface area contributed by atoms with Crippen molar-refractivity contribution in [3.05, 3.63) is 11.4 Å². The van der Waals surface area contributed by atoms with Crippen LogP contribution in [0, 0.1) is 0 Å². The second kappa shape index (κ2) is 5.68. The number of thioether (sulfide) groups is 1. The topological polar surface area (TPSA) is 83.8 Å². The van der Waals surface area contributed by atoms with Crippen LogP contribution in [0.3, 0.4) is 0 Å². The summed E-state index contributed by atoms with van der Waals surface area (Å²) in [5.41, 5.74) is 7.90. The van der Waals surface area contributed by atoms with Crippen LogP contribution in [-0.4, -0.2) is 33.1 Å². The van der Waals surface area contributed by atoms with E-state index in [9.17, 15) is 4.79 Å². The lowest BCUT2D eigenvalue weighted by Gasteiger charge is -2.12. The van der Waals surface area contributed by atoms with E-state index in [1.807, 2.05) is 11.8 Å². The van der Waals surface area contributed by atoms with Crippen molar-refractivity contribution in [2.45, 2.75) is 56.2 Å². The standard InChI is InChI=1S/C14H22N4OS/c1-2-20-10-6-5-9(7-10)16-14(19)13-11(15)12(17-18-13)8-3-4-8/h8-10H,2-7,15H2,1H3,(H,16,19)(H,17,18). The number of nitrogens with two attached hydrogens (primary N) is 1. The Balaban J connectivity index is 1.59. The van der Waals surface area contributed by atoms with Gasteiger partial charge in [-0.1, -0.05) is 6.92 Å². The number of H-pyrrole nitrogens is 1. The van der Waals surface area contributed by atoms with E-state index in [0.29, 0.717) is 22.5 Å². The summed E-state index contributed by atoms with van der Waals surface area (Å²) in [7, 11) is 0. The van der Waals surface area contributed by atoms with E-state index in [0.717, 1.165) is 37.1 Å². The summed E-state index contributed by atoms with van der Waals surface area (Å²) in [4.78, 5) is 12.3. The first-order valence-electron chi connectivity index (χ1n) is 7.45. The molecule has 3 rings (SSSR count). The van der Waals surface area contributed by atoms with Crippen LogP contribution >= 0.6 is 11.8 Å². The lowest BCUT2D eigenvalue weighted by atomic mass is 10.2. The van der Waals surface area contributed by atoms with Gasteiger partial charge in [-0.15, -0.1) is 0 Å². The summed E-state index contributed by atoms with van der Waals surface area (Å²) >= 11 is 1.99. The molecule has 0 spiro atoms. The number of carbonyl (C=O) groups is 1. The number of aromatic amines is 1. The fourth-order valence-corrected chi connectivity index (χ4v) is 4.08. The molecule has 2 fully saturated rings. The highest BCUT2D eigenvalue weighted by molar-refractivity contribution is 7.99. The summed E-state index contributed by atoms with van der Waals surface area (Å²) in [5.74, 6) is 1.50. The van der Waals surface area contributed by atoms with Crippen LogP contribution in [-0.2, 0) is 0 Å². The number of aromatic nitrogens is 2. The molecule has 20 heavy (non-hydrogen) atoms. The van der Waals surface area contributed by atoms with E-state index in [1.165, 1.54) is 6.42 Å². The third-order valence-electron chi connectivity index (χ3n) is 4.16. The van der Waals surface area contributed by atoms with Gasteiger partial charge in [0, 0.05) is 17.2 Å². The molecule has 2 unspecified atom stereocenters. The van der Waals surface area contributed by atoms with Crippen molar-refractivity contribution in [2.75, 3.05) is 11.5 Å². The maximum Gasteiger partial charge on any atom is 0.274 e. The van der Waals surface area contributed by atoms with Gasteiger partial charge in [-0.3, -0.25) is 9.89 Å². The van der Waals surface area contributed by atoms with Gasteiger partial charge in [-0.05, 0) is 37.9 Å². The van der Waals surface area contributed by atoms with Crippen LogP contribution < -0.4 is 11.1 Å². The minimum atomic E-state index is -0.127. The fourth-order valence-electron chi connectivity index (χ4n) is 2.93. The summed E-state index contributed by atoms with van der Waals surface area (Å²) in [6.45, 7) is 2.18. The van der Waals surface area contributed by atoms with E-state index < -0.39 is 0 Å². The van der Waals surface area contributed by atoms with Crippen LogP contribution in [0.25, 0.3) is 0 Å². The Morgan fingerprint density at radius 2 is 2.25 bits per heavy atom. The molecule has 2 saturated carbocycles. The molecule has 1 aromatic heterocycles. The van der Waals surface area contributed by atoms with Gasteiger partial charge in [-0.2, -0.15) is 16.9 Å². The predicted molar refractivity (Wildman–Crippen MR) is 82.0 cm³/mol. The van der Waals surface area contributed by atoms with Crippen molar-refractivity contribution in [3.63, 3.8) is 0 Å². The highest BCUT2D eigenvalue weighted by Gasteiger charge is 2.31. The number of amides is 1. The molecule has 2 aliphatic carbocycles. The third kappa shape index (κ3) is 2.80. The second-order valence-electron chi connectivity index (χ2n) is 5.73. The van der Waals surface area contributed by atoms with E-state index in [1.54, 1.807) is 0 Å². The molecular formula is C14H22N4OS. The Labute approximate surface area is 123 Å². The molecule has 0 saturated heterocycles. The van der Waals surface area contributed by atoms with Crippen molar-refractivity contribution < 1.29 is 4.79 Å². The number of nitrogens with one attached hydrogen (secondary N) is 2. The number of anilines is 1. The first-order valence-corrected chi connectivity index (χ1v) is 8.50. The van der Waals surface area contributed by atoms with Crippen LogP contribution in [0.2, 0.25) is 0 Å². The number of nitrogens with zero attached hydrogens (tertiary/aromatic N) is 1. The zero-order chi connectivity index (χ0) is 14.1. The van der Waals surface area contributed by atoms with Crippen molar-refractivity contribution in [1.29, 1.82) is 0 Å². The van der Waals surface area contributed by atoms with Gasteiger partial charge in [0.15, 0.2) is 5.69 Å². The van der Waals surface area contributed by atoms with Gasteiger partial charge in [0.2, 0.25) is 0 Å². The number of nitrogen functional groups attached to an aromatic ring is 1. The maximum atomic E-state index is 12.3. The largest absolute Gasteiger partial charge is 0.395 e. The minimum absolute atomic E-state index is 0.127. The van der Waals surface area contributed by atoms with Crippen molar-refractivity contribution in [3.8, 4) is 0 Å². The Bertz CT molecular complexity index is 497. The Kier molecular flexibility index (Phi) is 3.92. The van der Waals surface area contributed by atoms with E-state index in [2.05, 4.69) is 22.4 Å². The molecule has 2 aliphatic rings. The summed E-state index contributed by atoms with van der Waals surface area (Å²) in [6.07, 6.45) is 5.60. The van der Waals surface area contributed by atoms with Gasteiger partial charge < -0.3 is 11.1 Å². The normalized spacial score (nSPS) is 25.9. The van der Waals surface area contributed by atoms with Crippen LogP contribution in [0.15, 0.2) is 0 Å². The number of hydrogen-bond donors (Lipinski definition) is 3. The van der Waals surface area contributed by atoms with E-state index in [-0.39, 0.29) is 11.9 Å². The van der Waals surface area contributed by atoms with Crippen LogP contribution in [0.5, 0.6) is 0 Å². The average Bonchev–Trinajstić information content (AvgIpc) is 3.05. The molecule has 0 radical (unpaired) electrons. The van der Waals surface area contributed by atoms with Crippen molar-refractivity contribution in [2.24, 2.45) is 0 Å². The molecule has 0 aliphatic heterocycles. The molecule has 4 N–H and O–H groups in total. The maximum absolute atomic E-state index is 12.3. The first-order chi connectivity index (χ1) is 9.69. The van der Waals surface area contributed by atoms with Gasteiger partial charge in [0.05, 0.1) is 11.4 Å². The zero-order valence-electron chi connectivity index (χ0n) is 11.8. The highest BCUT2D eigenvalue weighted by Crippen LogP contribution is 2.42. The minimum Gasteiger partial charge on any atom is -0.395 e. The lowest BCUT2D eigenvalue weighted by Crippen LogP contribution is -2.33. The monoisotopic (exact) mass is 294 g/mol. The SMILES string of the molecule is CCSC1CCC(NC(=O)c2n[nH]c(C3CC3)c2N)C1. The number of carbonyl (C=O) groups excluding carboxylic acids is 1. The molecule has 110 valence electrons. The van der Waals surface area contributed by atoms with Crippen LogP contribution in [0.4, 0.5) is 5.69 Å². The molecule has 0 aromatic carbocycles.